The molecular formula is C25H26NO3+. The molecule has 4 nitrogen and oxygen atoms in total. The van der Waals surface area contributed by atoms with E-state index in [0.29, 0.717) is 17.9 Å². The average molecular weight is 388 g/mol. The lowest BCUT2D eigenvalue weighted by Gasteiger charge is -2.08. The van der Waals surface area contributed by atoms with Gasteiger partial charge in [-0.1, -0.05) is 42.5 Å². The van der Waals surface area contributed by atoms with Crippen molar-refractivity contribution < 1.29 is 18.8 Å². The summed E-state index contributed by atoms with van der Waals surface area (Å²) in [6.45, 7) is 2.83. The predicted octanol–water partition coefficient (Wildman–Crippen LogP) is 4.41. The minimum Gasteiger partial charge on any atom is -0.493 e. The Morgan fingerprint density at radius 1 is 0.931 bits per heavy atom. The molecule has 2 aromatic carbocycles. The Morgan fingerprint density at radius 2 is 1.55 bits per heavy atom. The number of carbonyl (C=O) groups excluding carboxylic acids is 1. The first-order valence-corrected chi connectivity index (χ1v) is 9.59. The summed E-state index contributed by atoms with van der Waals surface area (Å²) in [7, 11) is 3.16. The van der Waals surface area contributed by atoms with E-state index < -0.39 is 0 Å². The van der Waals surface area contributed by atoms with Crippen molar-refractivity contribution in [3.63, 3.8) is 0 Å². The molecule has 29 heavy (non-hydrogen) atoms. The van der Waals surface area contributed by atoms with Crippen molar-refractivity contribution in [1.82, 2.24) is 0 Å². The quantitative estimate of drug-likeness (QED) is 0.491. The third-order valence-corrected chi connectivity index (χ3v) is 4.86. The molecule has 0 spiro atoms. The highest BCUT2D eigenvalue weighted by Gasteiger charge is 2.26. The molecule has 4 heteroatoms. The molecule has 3 aromatic rings. The van der Waals surface area contributed by atoms with Gasteiger partial charge in [-0.05, 0) is 24.6 Å². The second kappa shape index (κ2) is 9.69. The number of hydrogen-bond donors (Lipinski definition) is 0. The first-order valence-electron chi connectivity index (χ1n) is 9.59. The maximum absolute atomic E-state index is 11.9. The Labute approximate surface area is 172 Å². The second-order valence-corrected chi connectivity index (χ2v) is 6.72. The summed E-state index contributed by atoms with van der Waals surface area (Å²) in [6, 6.07) is 20.2. The van der Waals surface area contributed by atoms with Crippen molar-refractivity contribution in [3.05, 3.63) is 101 Å². The van der Waals surface area contributed by atoms with Crippen molar-refractivity contribution in [2.45, 2.75) is 19.9 Å². The Balaban J connectivity index is 0.000000169. The van der Waals surface area contributed by atoms with Crippen LogP contribution in [0.5, 0.6) is 11.5 Å². The van der Waals surface area contributed by atoms with E-state index in [1.807, 2.05) is 43.3 Å². The van der Waals surface area contributed by atoms with E-state index in [0.717, 1.165) is 23.2 Å². The van der Waals surface area contributed by atoms with Crippen molar-refractivity contribution in [2.24, 2.45) is 0 Å². The van der Waals surface area contributed by atoms with Gasteiger partial charge in [0.15, 0.2) is 36.2 Å². The van der Waals surface area contributed by atoms with Gasteiger partial charge in [-0.2, -0.15) is 0 Å². The number of carbonyl (C=O) groups is 1. The fraction of sp³-hybridized carbons (Fsp3) is 0.200. The molecular weight excluding hydrogens is 362 g/mol. The summed E-state index contributed by atoms with van der Waals surface area (Å²) in [4.78, 5) is 11.9. The van der Waals surface area contributed by atoms with E-state index in [-0.39, 0.29) is 5.78 Å². The number of ether oxygens (including phenoxy) is 2. The number of pyridine rings is 1. The van der Waals surface area contributed by atoms with Crippen LogP contribution in [0.1, 0.15) is 28.4 Å². The monoisotopic (exact) mass is 388 g/mol. The van der Waals surface area contributed by atoms with Crippen LogP contribution in [0.15, 0.2) is 84.7 Å². The molecule has 0 radical (unpaired) electrons. The molecule has 0 aliphatic heterocycles. The topological polar surface area (TPSA) is 39.4 Å². The van der Waals surface area contributed by atoms with Gasteiger partial charge in [-0.15, -0.1) is 0 Å². The highest BCUT2D eigenvalue weighted by molar-refractivity contribution is 6.13. The van der Waals surface area contributed by atoms with Gasteiger partial charge >= 0.3 is 0 Å². The molecule has 0 atom stereocenters. The highest BCUT2D eigenvalue weighted by Crippen LogP contribution is 2.36. The van der Waals surface area contributed by atoms with Gasteiger partial charge in [0, 0.05) is 35.3 Å². The number of rotatable bonds is 4. The molecule has 4 rings (SSSR count). The molecule has 0 saturated heterocycles. The van der Waals surface area contributed by atoms with Crippen LogP contribution in [-0.2, 0) is 13.0 Å². The number of Topliss-reactive ketones (excluding diaryl/α,β-unsaturated/α-hetero) is 1. The van der Waals surface area contributed by atoms with Crippen LogP contribution in [-0.4, -0.2) is 20.0 Å². The molecule has 0 bridgehead atoms. The van der Waals surface area contributed by atoms with Crippen molar-refractivity contribution >= 4 is 5.78 Å². The predicted molar refractivity (Wildman–Crippen MR) is 114 cm³/mol. The van der Waals surface area contributed by atoms with Crippen LogP contribution in [0.25, 0.3) is 0 Å². The Morgan fingerprint density at radius 3 is 2.17 bits per heavy atom. The largest absolute Gasteiger partial charge is 0.493 e. The molecule has 0 unspecified atom stereocenters. The van der Waals surface area contributed by atoms with Crippen LogP contribution < -0.4 is 14.0 Å². The number of allylic oxidation sites excluding steroid dienone is 2. The summed E-state index contributed by atoms with van der Waals surface area (Å²) in [5.74, 6) is 1.37. The number of benzene rings is 2. The molecule has 0 amide bonds. The van der Waals surface area contributed by atoms with E-state index in [9.17, 15) is 4.79 Å². The number of nitrogens with zero attached hydrogens (tertiary/aromatic N) is 1. The lowest BCUT2D eigenvalue weighted by atomic mass is 10.1. The van der Waals surface area contributed by atoms with Crippen molar-refractivity contribution in [3.8, 4) is 11.5 Å². The smallest absolute Gasteiger partial charge is 0.189 e. The van der Waals surface area contributed by atoms with Gasteiger partial charge in [0.05, 0.1) is 14.2 Å². The van der Waals surface area contributed by atoms with E-state index in [1.54, 1.807) is 20.3 Å². The minimum absolute atomic E-state index is 0.0958. The molecule has 1 aliphatic rings. The molecule has 148 valence electrons. The molecule has 1 aliphatic carbocycles. The van der Waals surface area contributed by atoms with Gasteiger partial charge in [0.1, 0.15) is 0 Å². The highest BCUT2D eigenvalue weighted by atomic mass is 16.5. The Bertz CT molecular complexity index is 958. The van der Waals surface area contributed by atoms with Gasteiger partial charge in [-0.25, -0.2) is 4.57 Å². The van der Waals surface area contributed by atoms with Gasteiger partial charge in [0.25, 0.3) is 0 Å². The van der Waals surface area contributed by atoms with Crippen LogP contribution in [0.4, 0.5) is 0 Å². The molecule has 1 heterocycles. The summed E-state index contributed by atoms with van der Waals surface area (Å²) in [5.41, 5.74) is 3.91. The van der Waals surface area contributed by atoms with E-state index in [4.69, 9.17) is 9.47 Å². The Kier molecular flexibility index (Phi) is 6.80. The van der Waals surface area contributed by atoms with E-state index in [1.165, 1.54) is 5.56 Å². The lowest BCUT2D eigenvalue weighted by Crippen LogP contribution is -2.32. The van der Waals surface area contributed by atoms with Gasteiger partial charge in [-0.3, -0.25) is 4.79 Å². The van der Waals surface area contributed by atoms with Crippen LogP contribution in [0.3, 0.4) is 0 Å². The summed E-state index contributed by atoms with van der Waals surface area (Å²) in [5, 5.41) is 0. The number of aromatic nitrogens is 1. The van der Waals surface area contributed by atoms with Crippen molar-refractivity contribution in [1.29, 1.82) is 0 Å². The number of hydrogen-bond acceptors (Lipinski definition) is 3. The zero-order chi connectivity index (χ0) is 20.6. The fourth-order valence-corrected chi connectivity index (χ4v) is 3.30. The molecule has 0 N–H and O–H groups in total. The second-order valence-electron chi connectivity index (χ2n) is 6.72. The fourth-order valence-electron chi connectivity index (χ4n) is 3.30. The SMILES string of the molecule is C/C=C1\Cc2cc(OC)c(OC)cc2C1=O.c1ccc(C[n+]2ccccc2)cc1. The summed E-state index contributed by atoms with van der Waals surface area (Å²) < 4.78 is 12.6. The number of ketones is 1. The van der Waals surface area contributed by atoms with Crippen LogP contribution in [0.2, 0.25) is 0 Å². The molecule has 0 fully saturated rings. The first kappa shape index (κ1) is 20.3. The summed E-state index contributed by atoms with van der Waals surface area (Å²) in [6.07, 6.45) is 6.70. The zero-order valence-electron chi connectivity index (χ0n) is 17.1. The number of methoxy groups -OCH3 is 2. The molecule has 1 aromatic heterocycles. The normalized spacial score (nSPS) is 13.5. The maximum Gasteiger partial charge on any atom is 0.189 e. The minimum atomic E-state index is 0.0958. The van der Waals surface area contributed by atoms with E-state index >= 15 is 0 Å². The number of fused-ring (bicyclic) bond motifs is 1. The summed E-state index contributed by atoms with van der Waals surface area (Å²) >= 11 is 0. The standard InChI is InChI=1S/C13H14O3.C12H12N/c1-4-8-5-9-6-11(15-2)12(16-3)7-10(9)13(8)14;1-3-7-12(8-4-1)11-13-9-5-2-6-10-13/h4,6-7H,5H2,1-3H3;1-10H,11H2/q;+1/b8-4+;. The van der Waals surface area contributed by atoms with Gasteiger partial charge < -0.3 is 9.47 Å². The maximum atomic E-state index is 11.9. The first-order chi connectivity index (χ1) is 14.2. The van der Waals surface area contributed by atoms with E-state index in [2.05, 4.69) is 41.2 Å². The van der Waals surface area contributed by atoms with Crippen molar-refractivity contribution in [2.75, 3.05) is 14.2 Å². The third kappa shape index (κ3) is 4.91. The van der Waals surface area contributed by atoms with Gasteiger partial charge in [0.2, 0.25) is 0 Å². The average Bonchev–Trinajstić information content (AvgIpc) is 3.09. The third-order valence-electron chi connectivity index (χ3n) is 4.86. The van der Waals surface area contributed by atoms with Crippen LogP contribution in [0, 0.1) is 0 Å². The zero-order valence-corrected chi connectivity index (χ0v) is 17.1. The Hall–Kier alpha value is -3.40. The molecule has 0 saturated carbocycles. The lowest BCUT2D eigenvalue weighted by molar-refractivity contribution is -0.688. The van der Waals surface area contributed by atoms with Crippen LogP contribution >= 0.6 is 0 Å².